The molecule has 0 saturated carbocycles. The highest BCUT2D eigenvalue weighted by Crippen LogP contribution is 2.18. The van der Waals surface area contributed by atoms with E-state index in [4.69, 9.17) is 28.3 Å². The van der Waals surface area contributed by atoms with Crippen LogP contribution in [0.25, 0.3) is 0 Å². The van der Waals surface area contributed by atoms with E-state index in [1.807, 2.05) is 0 Å². The lowest BCUT2D eigenvalue weighted by Gasteiger charge is -2.21. The molecule has 0 aromatic carbocycles. The van der Waals surface area contributed by atoms with Crippen molar-refractivity contribution in [2.75, 3.05) is 6.54 Å². The highest BCUT2D eigenvalue weighted by atomic mass is 35.5. The predicted octanol–water partition coefficient (Wildman–Crippen LogP) is 1.34. The number of rotatable bonds is 5. The smallest absolute Gasteiger partial charge is 0.306 e. The number of aliphatic carboxylic acids is 1. The number of amides is 1. The number of halogens is 2. The van der Waals surface area contributed by atoms with Crippen molar-refractivity contribution in [1.29, 1.82) is 0 Å². The molecular weight excluding hydrogens is 295 g/mol. The Kier molecular flexibility index (Phi) is 5.11. The van der Waals surface area contributed by atoms with Gasteiger partial charge in [0.15, 0.2) is 0 Å². The van der Waals surface area contributed by atoms with Gasteiger partial charge in [0.25, 0.3) is 5.91 Å². The Morgan fingerprint density at radius 2 is 2.11 bits per heavy atom. The monoisotopic (exact) mass is 306 g/mol. The number of hydrogen-bond acceptors (Lipinski definition) is 4. The van der Waals surface area contributed by atoms with Crippen LogP contribution in [-0.4, -0.2) is 39.2 Å². The molecule has 8 heteroatoms. The molecule has 104 valence electrons. The Hall–Kier alpha value is -1.37. The number of carbonyl (C=O) groups is 2. The fraction of sp³-hybridized carbons (Fsp3) is 0.364. The molecule has 1 amide bonds. The van der Waals surface area contributed by atoms with Gasteiger partial charge in [-0.1, -0.05) is 23.2 Å². The number of aliphatic hydroxyl groups is 1. The zero-order valence-corrected chi connectivity index (χ0v) is 11.5. The summed E-state index contributed by atoms with van der Waals surface area (Å²) in [4.78, 5) is 26.0. The molecule has 0 radical (unpaired) electrons. The molecule has 1 aromatic rings. The zero-order valence-electron chi connectivity index (χ0n) is 9.98. The van der Waals surface area contributed by atoms with Crippen molar-refractivity contribution in [3.8, 4) is 0 Å². The van der Waals surface area contributed by atoms with Crippen molar-refractivity contribution < 1.29 is 19.8 Å². The van der Waals surface area contributed by atoms with Gasteiger partial charge in [-0.05, 0) is 13.0 Å². The second-order valence-electron chi connectivity index (χ2n) is 4.24. The third kappa shape index (κ3) is 5.02. The number of nitrogens with zero attached hydrogens (tertiary/aromatic N) is 1. The first-order chi connectivity index (χ1) is 8.71. The molecule has 0 spiro atoms. The van der Waals surface area contributed by atoms with Crippen LogP contribution >= 0.6 is 23.2 Å². The first-order valence-corrected chi connectivity index (χ1v) is 6.00. The van der Waals surface area contributed by atoms with Crippen LogP contribution in [0.3, 0.4) is 0 Å². The summed E-state index contributed by atoms with van der Waals surface area (Å²) in [6, 6.07) is 1.28. The fourth-order valence-electron chi connectivity index (χ4n) is 1.34. The normalized spacial score (nSPS) is 13.7. The molecular formula is C11H12Cl2N2O4. The average Bonchev–Trinajstić information content (AvgIpc) is 2.27. The topological polar surface area (TPSA) is 99.5 Å². The molecule has 19 heavy (non-hydrogen) atoms. The Labute approximate surface area is 119 Å². The molecule has 1 unspecified atom stereocenters. The second-order valence-corrected chi connectivity index (χ2v) is 5.03. The molecule has 1 heterocycles. The molecule has 0 aliphatic carbocycles. The van der Waals surface area contributed by atoms with E-state index in [1.165, 1.54) is 19.2 Å². The number of carbonyl (C=O) groups excluding carboxylic acids is 1. The number of nitrogens with one attached hydrogen (secondary N) is 1. The number of carboxylic acid groups (broad SMARTS) is 1. The van der Waals surface area contributed by atoms with Crippen LogP contribution in [0.4, 0.5) is 0 Å². The van der Waals surface area contributed by atoms with E-state index in [-0.39, 0.29) is 22.3 Å². The molecule has 1 rings (SSSR count). The lowest BCUT2D eigenvalue weighted by Crippen LogP contribution is -2.42. The molecule has 0 saturated heterocycles. The molecule has 6 nitrogen and oxygen atoms in total. The summed E-state index contributed by atoms with van der Waals surface area (Å²) < 4.78 is 0. The minimum atomic E-state index is -1.55. The van der Waals surface area contributed by atoms with Crippen LogP contribution in [0.2, 0.25) is 10.2 Å². The van der Waals surface area contributed by atoms with Crippen LogP contribution in [-0.2, 0) is 4.79 Å². The van der Waals surface area contributed by atoms with Crippen molar-refractivity contribution in [3.05, 3.63) is 28.0 Å². The minimum absolute atomic E-state index is 0.104. The highest BCUT2D eigenvalue weighted by Gasteiger charge is 2.25. The summed E-state index contributed by atoms with van der Waals surface area (Å²) in [6.07, 6.45) is 0.742. The van der Waals surface area contributed by atoms with Gasteiger partial charge in [-0.25, -0.2) is 4.98 Å². The summed E-state index contributed by atoms with van der Waals surface area (Å²) in [5, 5.41) is 20.9. The molecule has 0 bridgehead atoms. The standard InChI is InChI=1S/C11H12Cl2N2O4/c1-11(19,3-9(16)17)5-15-10(18)6-2-8(13)14-4-7(6)12/h2,4,19H,3,5H2,1H3,(H,15,18)(H,16,17). The summed E-state index contributed by atoms with van der Waals surface area (Å²) in [5.74, 6) is -1.73. The van der Waals surface area contributed by atoms with E-state index in [0.29, 0.717) is 0 Å². The molecule has 0 aliphatic rings. The van der Waals surface area contributed by atoms with Crippen LogP contribution in [0.1, 0.15) is 23.7 Å². The Bertz CT molecular complexity index is 505. The van der Waals surface area contributed by atoms with Gasteiger partial charge in [0, 0.05) is 12.7 Å². The Morgan fingerprint density at radius 1 is 1.47 bits per heavy atom. The minimum Gasteiger partial charge on any atom is -0.481 e. The van der Waals surface area contributed by atoms with E-state index in [9.17, 15) is 14.7 Å². The first-order valence-electron chi connectivity index (χ1n) is 5.25. The van der Waals surface area contributed by atoms with Crippen LogP contribution in [0.5, 0.6) is 0 Å². The van der Waals surface area contributed by atoms with E-state index in [2.05, 4.69) is 10.3 Å². The van der Waals surface area contributed by atoms with Crippen LogP contribution in [0, 0.1) is 0 Å². The van der Waals surface area contributed by atoms with Crippen molar-refractivity contribution in [2.24, 2.45) is 0 Å². The summed E-state index contributed by atoms with van der Waals surface area (Å²) in [6.45, 7) is 1.08. The maximum absolute atomic E-state index is 11.8. The lowest BCUT2D eigenvalue weighted by molar-refractivity contribution is -0.141. The number of aromatic nitrogens is 1. The fourth-order valence-corrected chi connectivity index (χ4v) is 1.69. The van der Waals surface area contributed by atoms with E-state index in [0.717, 1.165) is 0 Å². The van der Waals surface area contributed by atoms with E-state index >= 15 is 0 Å². The molecule has 0 fully saturated rings. The zero-order chi connectivity index (χ0) is 14.6. The molecule has 3 N–H and O–H groups in total. The molecule has 1 atom stereocenters. The largest absolute Gasteiger partial charge is 0.481 e. The predicted molar refractivity (Wildman–Crippen MR) is 69.5 cm³/mol. The van der Waals surface area contributed by atoms with Crippen molar-refractivity contribution in [2.45, 2.75) is 18.9 Å². The van der Waals surface area contributed by atoms with Crippen LogP contribution < -0.4 is 5.32 Å². The Morgan fingerprint density at radius 3 is 2.68 bits per heavy atom. The first kappa shape index (κ1) is 15.7. The quantitative estimate of drug-likeness (QED) is 0.713. The third-order valence-electron chi connectivity index (χ3n) is 2.23. The molecule has 0 aliphatic heterocycles. The second kappa shape index (κ2) is 6.18. The summed E-state index contributed by atoms with van der Waals surface area (Å²) in [5.41, 5.74) is -1.45. The summed E-state index contributed by atoms with van der Waals surface area (Å²) >= 11 is 11.4. The highest BCUT2D eigenvalue weighted by molar-refractivity contribution is 6.35. The maximum Gasteiger partial charge on any atom is 0.306 e. The SMILES string of the molecule is CC(O)(CNC(=O)c1cc(Cl)ncc1Cl)CC(=O)O. The van der Waals surface area contributed by atoms with Gasteiger partial charge >= 0.3 is 5.97 Å². The maximum atomic E-state index is 11.8. The van der Waals surface area contributed by atoms with Gasteiger partial charge < -0.3 is 15.5 Å². The van der Waals surface area contributed by atoms with Crippen molar-refractivity contribution in [3.63, 3.8) is 0 Å². The van der Waals surface area contributed by atoms with E-state index in [1.54, 1.807) is 0 Å². The molecule has 1 aromatic heterocycles. The van der Waals surface area contributed by atoms with Gasteiger partial charge in [0.2, 0.25) is 0 Å². The Balaban J connectivity index is 2.70. The van der Waals surface area contributed by atoms with Crippen LogP contribution in [0.15, 0.2) is 12.3 Å². The van der Waals surface area contributed by atoms with Gasteiger partial charge in [-0.2, -0.15) is 0 Å². The number of carboxylic acids is 1. The van der Waals surface area contributed by atoms with Gasteiger partial charge in [0.1, 0.15) is 5.15 Å². The lowest BCUT2D eigenvalue weighted by atomic mass is 10.0. The van der Waals surface area contributed by atoms with Gasteiger partial charge in [-0.15, -0.1) is 0 Å². The third-order valence-corrected chi connectivity index (χ3v) is 2.74. The van der Waals surface area contributed by atoms with Crippen molar-refractivity contribution in [1.82, 2.24) is 10.3 Å². The van der Waals surface area contributed by atoms with E-state index < -0.39 is 23.9 Å². The van der Waals surface area contributed by atoms with Gasteiger partial charge in [-0.3, -0.25) is 9.59 Å². The summed E-state index contributed by atoms with van der Waals surface area (Å²) in [7, 11) is 0. The number of hydrogen-bond donors (Lipinski definition) is 3. The van der Waals surface area contributed by atoms with Gasteiger partial charge in [0.05, 0.1) is 22.6 Å². The number of pyridine rings is 1. The van der Waals surface area contributed by atoms with Crippen molar-refractivity contribution >= 4 is 35.1 Å². The average molecular weight is 307 g/mol.